The van der Waals surface area contributed by atoms with Crippen LogP contribution in [0.3, 0.4) is 0 Å². The first kappa shape index (κ1) is 17.2. The van der Waals surface area contributed by atoms with Gasteiger partial charge < -0.3 is 15.5 Å². The van der Waals surface area contributed by atoms with Gasteiger partial charge in [0.1, 0.15) is 5.82 Å². The van der Waals surface area contributed by atoms with Crippen LogP contribution in [0.15, 0.2) is 36.5 Å². The molecular weight excluding hydrogens is 316 g/mol. The second kappa shape index (κ2) is 7.98. The Labute approximate surface area is 147 Å². The van der Waals surface area contributed by atoms with Gasteiger partial charge in [0, 0.05) is 11.3 Å². The molecule has 0 fully saturated rings. The van der Waals surface area contributed by atoms with E-state index >= 15 is 0 Å². The van der Waals surface area contributed by atoms with E-state index in [9.17, 15) is 4.79 Å². The molecule has 0 saturated carbocycles. The maximum Gasteiger partial charge on any atom is 0.411 e. The third-order valence-electron chi connectivity index (χ3n) is 4.40. The Bertz CT molecular complexity index is 767. The van der Waals surface area contributed by atoms with E-state index < -0.39 is 6.09 Å². The van der Waals surface area contributed by atoms with Gasteiger partial charge in [-0.2, -0.15) is 0 Å². The van der Waals surface area contributed by atoms with E-state index in [0.717, 1.165) is 54.9 Å². The summed E-state index contributed by atoms with van der Waals surface area (Å²) < 4.78 is 4.67. The third-order valence-corrected chi connectivity index (χ3v) is 4.40. The Hall–Kier alpha value is -2.60. The molecule has 1 aromatic heterocycles. The Morgan fingerprint density at radius 2 is 2.24 bits per heavy atom. The van der Waals surface area contributed by atoms with Crippen LogP contribution in [0.4, 0.5) is 10.5 Å². The molecule has 1 aromatic carbocycles. The first-order valence-electron chi connectivity index (χ1n) is 8.61. The minimum Gasteiger partial charge on any atom is -0.453 e. The van der Waals surface area contributed by atoms with Crippen molar-refractivity contribution in [2.75, 3.05) is 12.4 Å². The van der Waals surface area contributed by atoms with E-state index in [4.69, 9.17) is 5.73 Å². The average Bonchev–Trinajstić information content (AvgIpc) is 3.10. The molecule has 2 aromatic rings. The monoisotopic (exact) mass is 340 g/mol. The van der Waals surface area contributed by atoms with Crippen LogP contribution in [-0.4, -0.2) is 23.2 Å². The molecule has 6 nitrogen and oxygen atoms in total. The molecule has 1 aliphatic rings. The number of rotatable bonds is 1. The summed E-state index contributed by atoms with van der Waals surface area (Å²) in [6, 6.07) is 5.74. The highest BCUT2D eigenvalue weighted by Gasteiger charge is 2.14. The van der Waals surface area contributed by atoms with Crippen molar-refractivity contribution >= 4 is 11.8 Å². The first-order chi connectivity index (χ1) is 12.2. The number of carbonyl (C=O) groups is 1. The number of allylic oxidation sites excluding steroid dienone is 1. The molecule has 1 amide bonds. The van der Waals surface area contributed by atoms with Gasteiger partial charge in [0.15, 0.2) is 0 Å². The number of benzene rings is 1. The van der Waals surface area contributed by atoms with Gasteiger partial charge in [-0.15, -0.1) is 0 Å². The smallest absolute Gasteiger partial charge is 0.411 e. The Kier molecular flexibility index (Phi) is 5.50. The number of methoxy groups -OCH3 is 1. The number of nitrogens with two attached hydrogens (primary N) is 1. The highest BCUT2D eigenvalue weighted by atomic mass is 16.5. The van der Waals surface area contributed by atoms with Crippen LogP contribution in [0.2, 0.25) is 0 Å². The number of nitrogens with zero attached hydrogens (tertiary/aromatic N) is 1. The van der Waals surface area contributed by atoms with Crippen LogP contribution < -0.4 is 11.1 Å². The van der Waals surface area contributed by atoms with E-state index in [0.29, 0.717) is 0 Å². The fraction of sp³-hybridized carbons (Fsp3) is 0.368. The normalized spacial score (nSPS) is 18.9. The standard InChI is InChI=1S/C19H24N4O2/c1-25-19(24)22-14-9-10-15-13(11-14)7-5-3-2-4-6-8-16(20)18-21-12-17(15)23-18/h4,6,9-12,16H,2-3,5,7-8,20H2,1H3,(H,21,23)(H,22,24)/b6-4+/t16-/m0/s1. The molecule has 4 N–H and O–H groups in total. The summed E-state index contributed by atoms with van der Waals surface area (Å²) in [5.41, 5.74) is 10.1. The van der Waals surface area contributed by atoms with Gasteiger partial charge in [-0.05, 0) is 49.8 Å². The van der Waals surface area contributed by atoms with Crippen LogP contribution in [0, 0.1) is 0 Å². The maximum absolute atomic E-state index is 11.5. The Morgan fingerprint density at radius 3 is 3.08 bits per heavy atom. The molecular formula is C19H24N4O2. The number of anilines is 1. The van der Waals surface area contributed by atoms with Crippen molar-refractivity contribution in [1.82, 2.24) is 9.97 Å². The lowest BCUT2D eigenvalue weighted by Crippen LogP contribution is -2.11. The van der Waals surface area contributed by atoms with E-state index in [1.54, 1.807) is 0 Å². The van der Waals surface area contributed by atoms with Gasteiger partial charge in [-0.3, -0.25) is 5.32 Å². The molecule has 6 heteroatoms. The number of carbonyl (C=O) groups excluding carboxylic acids is 1. The quantitative estimate of drug-likeness (QED) is 0.686. The number of aromatic amines is 1. The van der Waals surface area contributed by atoms with Crippen LogP contribution >= 0.6 is 0 Å². The molecule has 3 rings (SSSR count). The molecule has 0 saturated heterocycles. The minimum atomic E-state index is -0.468. The molecule has 0 radical (unpaired) electrons. The van der Waals surface area contributed by atoms with Crippen molar-refractivity contribution in [2.24, 2.45) is 5.73 Å². The molecule has 1 atom stereocenters. The summed E-state index contributed by atoms with van der Waals surface area (Å²) in [5, 5.41) is 2.73. The minimum absolute atomic E-state index is 0.130. The zero-order valence-electron chi connectivity index (χ0n) is 14.4. The van der Waals surface area contributed by atoms with E-state index in [1.807, 2.05) is 24.4 Å². The van der Waals surface area contributed by atoms with E-state index in [-0.39, 0.29) is 6.04 Å². The number of ether oxygens (including phenoxy) is 1. The predicted molar refractivity (Wildman–Crippen MR) is 98.3 cm³/mol. The molecule has 0 spiro atoms. The fourth-order valence-electron chi connectivity index (χ4n) is 3.02. The van der Waals surface area contributed by atoms with Gasteiger partial charge in [0.2, 0.25) is 0 Å². The van der Waals surface area contributed by atoms with Crippen LogP contribution in [-0.2, 0) is 11.2 Å². The summed E-state index contributed by atoms with van der Waals surface area (Å²) in [6.07, 6.45) is 10.6. The molecule has 0 aliphatic carbocycles. The SMILES string of the molecule is COC(=O)Nc1ccc2c(c1)CCCC/C=C/C[C@H](N)c1ncc-2[nH]1. The van der Waals surface area contributed by atoms with Crippen molar-refractivity contribution in [3.05, 3.63) is 47.9 Å². The Morgan fingerprint density at radius 1 is 1.36 bits per heavy atom. The summed E-state index contributed by atoms with van der Waals surface area (Å²) in [5.74, 6) is 0.793. The van der Waals surface area contributed by atoms with Crippen molar-refractivity contribution in [1.29, 1.82) is 0 Å². The van der Waals surface area contributed by atoms with Crippen LogP contribution in [0.25, 0.3) is 11.3 Å². The molecule has 2 bridgehead atoms. The lowest BCUT2D eigenvalue weighted by molar-refractivity contribution is 0.187. The lowest BCUT2D eigenvalue weighted by atomic mass is 9.98. The summed E-state index contributed by atoms with van der Waals surface area (Å²) >= 11 is 0. The van der Waals surface area contributed by atoms with Crippen molar-refractivity contribution in [2.45, 2.75) is 38.1 Å². The van der Waals surface area contributed by atoms with Gasteiger partial charge in [-0.25, -0.2) is 9.78 Å². The third kappa shape index (κ3) is 4.28. The van der Waals surface area contributed by atoms with Crippen molar-refractivity contribution in [3.63, 3.8) is 0 Å². The zero-order valence-corrected chi connectivity index (χ0v) is 14.4. The number of nitrogens with one attached hydrogen (secondary N) is 2. The van der Waals surface area contributed by atoms with E-state index in [2.05, 4.69) is 32.2 Å². The topological polar surface area (TPSA) is 93.0 Å². The number of hydrogen-bond acceptors (Lipinski definition) is 4. The molecule has 25 heavy (non-hydrogen) atoms. The van der Waals surface area contributed by atoms with Crippen LogP contribution in [0.1, 0.15) is 43.1 Å². The average molecular weight is 340 g/mol. The molecule has 0 unspecified atom stereocenters. The zero-order chi connectivity index (χ0) is 17.6. The van der Waals surface area contributed by atoms with Crippen molar-refractivity contribution < 1.29 is 9.53 Å². The largest absolute Gasteiger partial charge is 0.453 e. The molecule has 2 heterocycles. The number of fused-ring (bicyclic) bond motifs is 4. The number of aryl methyl sites for hydroxylation is 1. The van der Waals surface area contributed by atoms with Crippen molar-refractivity contribution in [3.8, 4) is 11.3 Å². The number of amides is 1. The fourth-order valence-corrected chi connectivity index (χ4v) is 3.02. The number of hydrogen-bond donors (Lipinski definition) is 3. The summed E-state index contributed by atoms with van der Waals surface area (Å²) in [4.78, 5) is 19.3. The first-order valence-corrected chi connectivity index (χ1v) is 8.61. The number of H-pyrrole nitrogens is 1. The van der Waals surface area contributed by atoms with Gasteiger partial charge in [-0.1, -0.05) is 18.2 Å². The van der Waals surface area contributed by atoms with Gasteiger partial charge in [0.25, 0.3) is 0 Å². The second-order valence-electron chi connectivity index (χ2n) is 6.23. The lowest BCUT2D eigenvalue weighted by Gasteiger charge is -2.11. The Balaban J connectivity index is 1.95. The summed E-state index contributed by atoms with van der Waals surface area (Å²) in [7, 11) is 1.36. The van der Waals surface area contributed by atoms with Crippen LogP contribution in [0.5, 0.6) is 0 Å². The van der Waals surface area contributed by atoms with E-state index in [1.165, 1.54) is 12.7 Å². The number of imidazole rings is 1. The molecule has 1 aliphatic heterocycles. The number of aromatic nitrogens is 2. The van der Waals surface area contributed by atoms with Gasteiger partial charge >= 0.3 is 6.09 Å². The highest BCUT2D eigenvalue weighted by molar-refractivity contribution is 5.85. The molecule has 132 valence electrons. The van der Waals surface area contributed by atoms with Gasteiger partial charge in [0.05, 0.1) is 25.0 Å². The summed E-state index contributed by atoms with van der Waals surface area (Å²) in [6.45, 7) is 0. The second-order valence-corrected chi connectivity index (χ2v) is 6.23. The predicted octanol–water partition coefficient (Wildman–Crippen LogP) is 3.93. The highest BCUT2D eigenvalue weighted by Crippen LogP contribution is 2.28. The maximum atomic E-state index is 11.5.